The first-order chi connectivity index (χ1) is 21.2. The molecule has 44 heavy (non-hydrogen) atoms. The molecule has 3 heterocycles. The first-order valence-electron chi connectivity index (χ1n) is 15.6. The summed E-state index contributed by atoms with van der Waals surface area (Å²) in [5.74, 6) is -2.02. The standard InChI is InChI=1S/C35H43BrN2O5S/c1-5-7-8-11-17-43-34(42)28-29-32(40)38(26(21-39)18-22(3)4)31(35(29)20-27(36)30(28)44-35)33(41)37(16-6-2)25-15-14-23-12-9-10-13-24(23)19-25/h5-6,9-10,12-15,19,22,26-31,39H,1-2,7-8,11,16-18,20-21H2,3-4H3/t26-,27?,28+,29+,30+,31?,35?/m1/s1. The molecule has 3 fully saturated rings. The lowest BCUT2D eigenvalue weighted by Crippen LogP contribution is -2.58. The van der Waals surface area contributed by atoms with E-state index in [0.717, 1.165) is 30.0 Å². The van der Waals surface area contributed by atoms with Crippen LogP contribution in [0.15, 0.2) is 67.8 Å². The fourth-order valence-corrected chi connectivity index (χ4v) is 11.0. The molecule has 1 spiro atoms. The van der Waals surface area contributed by atoms with E-state index in [-0.39, 0.29) is 53.5 Å². The molecule has 7 atom stereocenters. The quantitative estimate of drug-likeness (QED) is 0.112. The van der Waals surface area contributed by atoms with Crippen LogP contribution in [0.25, 0.3) is 10.8 Å². The third-order valence-electron chi connectivity index (χ3n) is 9.25. The molecule has 2 aromatic rings. The average molecular weight is 684 g/mol. The maximum atomic E-state index is 15.0. The number of nitrogens with zero attached hydrogens (tertiary/aromatic N) is 2. The van der Waals surface area contributed by atoms with Gasteiger partial charge in [0.15, 0.2) is 0 Å². The van der Waals surface area contributed by atoms with Crippen molar-refractivity contribution in [1.82, 2.24) is 4.90 Å². The number of alkyl halides is 1. The van der Waals surface area contributed by atoms with Crippen LogP contribution in [0, 0.1) is 17.8 Å². The van der Waals surface area contributed by atoms with E-state index in [4.69, 9.17) is 4.74 Å². The molecule has 0 aromatic heterocycles. The lowest BCUT2D eigenvalue weighted by atomic mass is 9.71. The number of esters is 1. The van der Waals surface area contributed by atoms with Gasteiger partial charge in [-0.25, -0.2) is 0 Å². The minimum atomic E-state index is -0.859. The second kappa shape index (κ2) is 13.8. The maximum absolute atomic E-state index is 15.0. The number of carbonyl (C=O) groups is 3. The predicted molar refractivity (Wildman–Crippen MR) is 181 cm³/mol. The maximum Gasteiger partial charge on any atom is 0.310 e. The summed E-state index contributed by atoms with van der Waals surface area (Å²) >= 11 is 5.42. The molecule has 2 aromatic carbocycles. The van der Waals surface area contributed by atoms with Gasteiger partial charge in [0.2, 0.25) is 5.91 Å². The largest absolute Gasteiger partial charge is 0.465 e. The summed E-state index contributed by atoms with van der Waals surface area (Å²) in [6.07, 6.45) is 7.09. The summed E-state index contributed by atoms with van der Waals surface area (Å²) in [7, 11) is 0. The minimum Gasteiger partial charge on any atom is -0.465 e. The van der Waals surface area contributed by atoms with Crippen LogP contribution in [0.3, 0.4) is 0 Å². The Labute approximate surface area is 273 Å². The third-order valence-corrected chi connectivity index (χ3v) is 12.5. The Morgan fingerprint density at radius 1 is 1.18 bits per heavy atom. The molecular formula is C35H43BrN2O5S. The number of allylic oxidation sites excluding steroid dienone is 1. The number of hydrogen-bond acceptors (Lipinski definition) is 6. The van der Waals surface area contributed by atoms with Crippen LogP contribution in [0.4, 0.5) is 5.69 Å². The highest BCUT2D eigenvalue weighted by atomic mass is 79.9. The molecular weight excluding hydrogens is 640 g/mol. The first-order valence-corrected chi connectivity index (χ1v) is 17.4. The van der Waals surface area contributed by atoms with Crippen molar-refractivity contribution in [2.45, 2.75) is 72.9 Å². The number of unbranched alkanes of at least 4 members (excludes halogenated alkanes) is 2. The Kier molecular flexibility index (Phi) is 10.3. The van der Waals surface area contributed by atoms with Crippen molar-refractivity contribution in [3.05, 3.63) is 67.8 Å². The van der Waals surface area contributed by atoms with Crippen LogP contribution < -0.4 is 4.90 Å². The van der Waals surface area contributed by atoms with Gasteiger partial charge in [-0.3, -0.25) is 14.4 Å². The molecule has 3 aliphatic heterocycles. The second-order valence-corrected chi connectivity index (χ2v) is 15.3. The van der Waals surface area contributed by atoms with Crippen molar-refractivity contribution in [3.8, 4) is 0 Å². The number of anilines is 1. The van der Waals surface area contributed by atoms with Gasteiger partial charge < -0.3 is 19.6 Å². The van der Waals surface area contributed by atoms with E-state index in [2.05, 4.69) is 29.1 Å². The van der Waals surface area contributed by atoms with Crippen LogP contribution in [-0.2, 0) is 19.1 Å². The van der Waals surface area contributed by atoms with Crippen LogP contribution in [0.1, 0.15) is 46.0 Å². The summed E-state index contributed by atoms with van der Waals surface area (Å²) in [4.78, 5) is 46.5. The van der Waals surface area contributed by atoms with E-state index in [1.165, 1.54) is 0 Å². The normalized spacial score (nSPS) is 27.9. The first kappa shape index (κ1) is 32.8. The molecule has 3 unspecified atom stereocenters. The summed E-state index contributed by atoms with van der Waals surface area (Å²) in [5.41, 5.74) is 0.716. The number of halogens is 1. The summed E-state index contributed by atoms with van der Waals surface area (Å²) in [6, 6.07) is 12.5. The summed E-state index contributed by atoms with van der Waals surface area (Å²) in [5, 5.41) is 12.5. The SMILES string of the molecule is C=CCCCCOC(=O)[C@H]1[C@H]2C(=O)N([C@@H](CO)CC(C)C)C(C(=O)N(CC=C)c3ccc4ccccc4c3)C23CC(Br)[C@@H]1S3. The van der Waals surface area contributed by atoms with Crippen molar-refractivity contribution >= 4 is 61.9 Å². The molecule has 2 amide bonds. The number of likely N-dealkylation sites (tertiary alicyclic amines) is 1. The topological polar surface area (TPSA) is 87.1 Å². The number of ether oxygens (including phenoxy) is 1. The Morgan fingerprint density at radius 2 is 1.93 bits per heavy atom. The number of hydrogen-bond donors (Lipinski definition) is 1. The Morgan fingerprint density at radius 3 is 2.61 bits per heavy atom. The van der Waals surface area contributed by atoms with Crippen molar-refractivity contribution in [3.63, 3.8) is 0 Å². The highest BCUT2D eigenvalue weighted by Gasteiger charge is 2.76. The minimum absolute atomic E-state index is 0.0590. The molecule has 1 N–H and O–H groups in total. The van der Waals surface area contributed by atoms with Gasteiger partial charge in [-0.15, -0.1) is 24.9 Å². The van der Waals surface area contributed by atoms with Crippen LogP contribution in [0.2, 0.25) is 0 Å². The number of fused-ring (bicyclic) bond motifs is 2. The number of amides is 2. The lowest BCUT2D eigenvalue weighted by Gasteiger charge is -2.40. The number of aliphatic hydroxyl groups is 1. The monoisotopic (exact) mass is 682 g/mol. The van der Waals surface area contributed by atoms with Gasteiger partial charge in [-0.2, -0.15) is 0 Å². The smallest absolute Gasteiger partial charge is 0.310 e. The van der Waals surface area contributed by atoms with E-state index in [1.807, 2.05) is 62.4 Å². The van der Waals surface area contributed by atoms with Crippen molar-refractivity contribution < 1.29 is 24.2 Å². The fourth-order valence-electron chi connectivity index (χ4n) is 7.43. The molecule has 0 radical (unpaired) electrons. The van der Waals surface area contributed by atoms with E-state index in [1.54, 1.807) is 27.6 Å². The zero-order valence-corrected chi connectivity index (χ0v) is 28.0. The van der Waals surface area contributed by atoms with Crippen molar-refractivity contribution in [2.75, 3.05) is 24.7 Å². The molecule has 9 heteroatoms. The highest BCUT2D eigenvalue weighted by molar-refractivity contribution is 9.09. The van der Waals surface area contributed by atoms with E-state index in [0.29, 0.717) is 18.5 Å². The molecule has 2 bridgehead atoms. The second-order valence-electron chi connectivity index (χ2n) is 12.6. The van der Waals surface area contributed by atoms with E-state index >= 15 is 0 Å². The third kappa shape index (κ3) is 5.87. The Hall–Kier alpha value is -2.62. The molecule has 3 aliphatic rings. The summed E-state index contributed by atoms with van der Waals surface area (Å²) < 4.78 is 4.94. The van der Waals surface area contributed by atoms with Gasteiger partial charge >= 0.3 is 5.97 Å². The number of carbonyl (C=O) groups excluding carboxylic acids is 3. The van der Waals surface area contributed by atoms with Crippen molar-refractivity contribution in [1.29, 1.82) is 0 Å². The van der Waals surface area contributed by atoms with Gasteiger partial charge in [0.1, 0.15) is 6.04 Å². The number of rotatable bonds is 14. The van der Waals surface area contributed by atoms with E-state index in [9.17, 15) is 19.5 Å². The van der Waals surface area contributed by atoms with Crippen LogP contribution >= 0.6 is 27.7 Å². The Balaban J connectivity index is 1.55. The number of thioether (sulfide) groups is 1. The molecule has 7 nitrogen and oxygen atoms in total. The molecule has 0 aliphatic carbocycles. The number of benzene rings is 2. The molecule has 236 valence electrons. The molecule has 3 saturated heterocycles. The zero-order chi connectivity index (χ0) is 31.6. The number of aliphatic hydroxyl groups excluding tert-OH is 1. The predicted octanol–water partition coefficient (Wildman–Crippen LogP) is 6.13. The lowest BCUT2D eigenvalue weighted by molar-refractivity contribution is -0.154. The zero-order valence-electron chi connectivity index (χ0n) is 25.6. The van der Waals surface area contributed by atoms with Crippen molar-refractivity contribution in [2.24, 2.45) is 17.8 Å². The van der Waals surface area contributed by atoms with Gasteiger partial charge in [-0.05, 0) is 60.9 Å². The van der Waals surface area contributed by atoms with E-state index < -0.39 is 28.7 Å². The van der Waals surface area contributed by atoms with Gasteiger partial charge in [0.25, 0.3) is 5.91 Å². The molecule has 0 saturated carbocycles. The van der Waals surface area contributed by atoms with Crippen LogP contribution in [0.5, 0.6) is 0 Å². The highest BCUT2D eigenvalue weighted by Crippen LogP contribution is 2.68. The molecule has 5 rings (SSSR count). The van der Waals surface area contributed by atoms with Gasteiger partial charge in [-0.1, -0.05) is 72.3 Å². The summed E-state index contributed by atoms with van der Waals surface area (Å²) in [6.45, 7) is 12.0. The fraction of sp³-hybridized carbons (Fsp3) is 0.514. The average Bonchev–Trinajstić information content (AvgIpc) is 3.61. The van der Waals surface area contributed by atoms with Gasteiger partial charge in [0.05, 0.1) is 35.8 Å². The van der Waals surface area contributed by atoms with Gasteiger partial charge in [0, 0.05) is 22.3 Å². The Bertz CT molecular complexity index is 1420. The van der Waals surface area contributed by atoms with Crippen LogP contribution in [-0.4, -0.2) is 74.5 Å².